The predicted octanol–water partition coefficient (Wildman–Crippen LogP) is 1.61. The third-order valence-corrected chi connectivity index (χ3v) is 3.70. The fraction of sp³-hybridized carbons (Fsp3) is 0.286. The molecule has 0 bridgehead atoms. The molecule has 1 amide bonds. The number of carbonyl (C=O) groups is 1. The number of aryl methyl sites for hydroxylation is 1. The van der Waals surface area contributed by atoms with Gasteiger partial charge in [-0.1, -0.05) is 0 Å². The van der Waals surface area contributed by atoms with Crippen LogP contribution < -0.4 is 5.32 Å². The summed E-state index contributed by atoms with van der Waals surface area (Å²) in [5.74, 6) is -0.226. The molecule has 5 nitrogen and oxygen atoms in total. The second-order valence-corrected chi connectivity index (χ2v) is 5.12. The van der Waals surface area contributed by atoms with Crippen LogP contribution in [0.15, 0.2) is 41.7 Å². The van der Waals surface area contributed by atoms with Crippen molar-refractivity contribution in [1.29, 1.82) is 0 Å². The van der Waals surface area contributed by atoms with Gasteiger partial charge in [0.05, 0.1) is 5.56 Å². The summed E-state index contributed by atoms with van der Waals surface area (Å²) in [4.78, 5) is 16.2. The molecule has 0 radical (unpaired) electrons. The minimum Gasteiger partial charge on any atom is -0.385 e. The summed E-state index contributed by atoms with van der Waals surface area (Å²) >= 11 is 1.42. The Hall–Kier alpha value is -1.79. The zero-order valence-electron chi connectivity index (χ0n) is 11.4. The molecule has 0 aliphatic carbocycles. The minimum absolute atomic E-state index is 0.166. The fourth-order valence-electron chi connectivity index (χ4n) is 1.94. The molecule has 0 spiro atoms. The van der Waals surface area contributed by atoms with Crippen LogP contribution in [-0.4, -0.2) is 33.4 Å². The number of aliphatic hydroxyl groups excluding tert-OH is 1. The van der Waals surface area contributed by atoms with Gasteiger partial charge >= 0.3 is 0 Å². The van der Waals surface area contributed by atoms with Crippen LogP contribution in [0.3, 0.4) is 0 Å². The first kappa shape index (κ1) is 14.6. The molecule has 0 saturated carbocycles. The first-order chi connectivity index (χ1) is 9.63. The van der Waals surface area contributed by atoms with E-state index in [4.69, 9.17) is 0 Å². The molecule has 0 fully saturated rings. The molecule has 2 rings (SSSR count). The SMILES string of the molecule is CSc1ncccc1C(=O)NCC(O)c1cccn1C. The third kappa shape index (κ3) is 3.20. The average molecular weight is 291 g/mol. The number of hydrogen-bond acceptors (Lipinski definition) is 4. The Balaban J connectivity index is 2.00. The first-order valence-electron chi connectivity index (χ1n) is 6.20. The highest BCUT2D eigenvalue weighted by molar-refractivity contribution is 7.98. The van der Waals surface area contributed by atoms with Crippen molar-refractivity contribution in [1.82, 2.24) is 14.9 Å². The van der Waals surface area contributed by atoms with Gasteiger partial charge in [-0.3, -0.25) is 4.79 Å². The van der Waals surface area contributed by atoms with Gasteiger partial charge in [0.2, 0.25) is 0 Å². The van der Waals surface area contributed by atoms with E-state index in [9.17, 15) is 9.90 Å². The lowest BCUT2D eigenvalue weighted by Crippen LogP contribution is -2.29. The molecule has 0 aliphatic heterocycles. The Morgan fingerprint density at radius 3 is 2.95 bits per heavy atom. The lowest BCUT2D eigenvalue weighted by molar-refractivity contribution is 0.0908. The number of pyridine rings is 1. The average Bonchev–Trinajstić information content (AvgIpc) is 2.90. The van der Waals surface area contributed by atoms with E-state index in [1.807, 2.05) is 36.2 Å². The molecular weight excluding hydrogens is 274 g/mol. The topological polar surface area (TPSA) is 67.2 Å². The molecule has 2 aromatic heterocycles. The van der Waals surface area contributed by atoms with E-state index in [1.54, 1.807) is 18.3 Å². The maximum absolute atomic E-state index is 12.1. The summed E-state index contributed by atoms with van der Waals surface area (Å²) in [6.07, 6.45) is 4.65. The van der Waals surface area contributed by atoms with Crippen molar-refractivity contribution < 1.29 is 9.90 Å². The van der Waals surface area contributed by atoms with Gasteiger partial charge in [0.15, 0.2) is 0 Å². The third-order valence-electron chi connectivity index (χ3n) is 2.99. The fourth-order valence-corrected chi connectivity index (χ4v) is 2.48. The molecule has 2 heterocycles. The molecule has 0 saturated heterocycles. The molecule has 0 aromatic carbocycles. The highest BCUT2D eigenvalue weighted by atomic mass is 32.2. The van der Waals surface area contributed by atoms with E-state index < -0.39 is 6.10 Å². The number of nitrogens with one attached hydrogen (secondary N) is 1. The standard InChI is InChI=1S/C14H17N3O2S/c1-17-8-4-6-11(17)12(18)9-16-13(19)10-5-3-7-15-14(10)20-2/h3-8,12,18H,9H2,1-2H3,(H,16,19). The lowest BCUT2D eigenvalue weighted by atomic mass is 10.2. The molecular formula is C14H17N3O2S. The summed E-state index contributed by atoms with van der Waals surface area (Å²) in [6, 6.07) is 7.13. The molecule has 2 aromatic rings. The van der Waals surface area contributed by atoms with Crippen molar-refractivity contribution in [2.24, 2.45) is 7.05 Å². The largest absolute Gasteiger partial charge is 0.385 e. The molecule has 1 atom stereocenters. The number of carbonyl (C=O) groups excluding carboxylic acids is 1. The Bertz CT molecular complexity index is 598. The normalized spacial score (nSPS) is 12.2. The number of hydrogen-bond donors (Lipinski definition) is 2. The Morgan fingerprint density at radius 2 is 2.30 bits per heavy atom. The zero-order chi connectivity index (χ0) is 14.5. The van der Waals surface area contributed by atoms with Crippen LogP contribution in [0.4, 0.5) is 0 Å². The van der Waals surface area contributed by atoms with Crippen molar-refractivity contribution in [2.75, 3.05) is 12.8 Å². The number of amides is 1. The first-order valence-corrected chi connectivity index (χ1v) is 7.42. The van der Waals surface area contributed by atoms with E-state index in [0.717, 1.165) is 5.69 Å². The van der Waals surface area contributed by atoms with E-state index in [0.29, 0.717) is 10.6 Å². The molecule has 20 heavy (non-hydrogen) atoms. The quantitative estimate of drug-likeness (QED) is 0.821. The number of aliphatic hydroxyl groups is 1. The molecule has 6 heteroatoms. The van der Waals surface area contributed by atoms with E-state index in [-0.39, 0.29) is 12.5 Å². The maximum Gasteiger partial charge on any atom is 0.254 e. The summed E-state index contributed by atoms with van der Waals surface area (Å²) in [5, 5.41) is 13.5. The van der Waals surface area contributed by atoms with Crippen LogP contribution in [-0.2, 0) is 7.05 Å². The Labute approximate surface area is 122 Å². The highest BCUT2D eigenvalue weighted by Gasteiger charge is 2.15. The monoisotopic (exact) mass is 291 g/mol. The van der Waals surface area contributed by atoms with Gasteiger partial charge in [-0.05, 0) is 30.5 Å². The second-order valence-electron chi connectivity index (χ2n) is 4.33. The molecule has 0 aliphatic rings. The highest BCUT2D eigenvalue weighted by Crippen LogP contribution is 2.17. The van der Waals surface area contributed by atoms with Gasteiger partial charge in [-0.15, -0.1) is 11.8 Å². The van der Waals surface area contributed by atoms with Crippen molar-refractivity contribution in [3.05, 3.63) is 47.9 Å². The predicted molar refractivity (Wildman–Crippen MR) is 78.7 cm³/mol. The number of nitrogens with zero attached hydrogens (tertiary/aromatic N) is 2. The van der Waals surface area contributed by atoms with Gasteiger partial charge in [0.25, 0.3) is 5.91 Å². The minimum atomic E-state index is -0.728. The smallest absolute Gasteiger partial charge is 0.254 e. The summed E-state index contributed by atoms with van der Waals surface area (Å²) in [6.45, 7) is 0.166. The van der Waals surface area contributed by atoms with Crippen LogP contribution in [0.5, 0.6) is 0 Å². The molecule has 2 N–H and O–H groups in total. The molecule has 1 unspecified atom stereocenters. The van der Waals surface area contributed by atoms with E-state index in [1.165, 1.54) is 11.8 Å². The van der Waals surface area contributed by atoms with Crippen molar-refractivity contribution in [2.45, 2.75) is 11.1 Å². The van der Waals surface area contributed by atoms with E-state index in [2.05, 4.69) is 10.3 Å². The van der Waals surface area contributed by atoms with Crippen molar-refractivity contribution in [3.8, 4) is 0 Å². The zero-order valence-corrected chi connectivity index (χ0v) is 12.2. The van der Waals surface area contributed by atoms with Gasteiger partial charge in [-0.2, -0.15) is 0 Å². The van der Waals surface area contributed by atoms with Gasteiger partial charge in [-0.25, -0.2) is 4.98 Å². The second kappa shape index (κ2) is 6.58. The van der Waals surface area contributed by atoms with Crippen LogP contribution in [0.2, 0.25) is 0 Å². The van der Waals surface area contributed by atoms with Crippen LogP contribution in [0.1, 0.15) is 22.2 Å². The van der Waals surface area contributed by atoms with Gasteiger partial charge in [0.1, 0.15) is 11.1 Å². The van der Waals surface area contributed by atoms with Gasteiger partial charge < -0.3 is 15.0 Å². The Morgan fingerprint density at radius 1 is 1.50 bits per heavy atom. The van der Waals surface area contributed by atoms with Crippen molar-refractivity contribution in [3.63, 3.8) is 0 Å². The molecule has 106 valence electrons. The van der Waals surface area contributed by atoms with Crippen molar-refractivity contribution >= 4 is 17.7 Å². The number of aromatic nitrogens is 2. The van der Waals surface area contributed by atoms with E-state index >= 15 is 0 Å². The Kier molecular flexibility index (Phi) is 4.81. The maximum atomic E-state index is 12.1. The van der Waals surface area contributed by atoms with Crippen LogP contribution >= 0.6 is 11.8 Å². The number of rotatable bonds is 5. The summed E-state index contributed by atoms with van der Waals surface area (Å²) in [7, 11) is 1.85. The lowest BCUT2D eigenvalue weighted by Gasteiger charge is -2.13. The summed E-state index contributed by atoms with van der Waals surface area (Å²) in [5.41, 5.74) is 1.29. The number of thioether (sulfide) groups is 1. The van der Waals surface area contributed by atoms with Gasteiger partial charge in [0, 0.05) is 31.7 Å². The van der Waals surface area contributed by atoms with Crippen LogP contribution in [0, 0.1) is 0 Å². The van der Waals surface area contributed by atoms with Crippen LogP contribution in [0.25, 0.3) is 0 Å². The summed E-state index contributed by atoms with van der Waals surface area (Å²) < 4.78 is 1.83.